The van der Waals surface area contributed by atoms with Crippen LogP contribution in [0.2, 0.25) is 0 Å². The molecule has 0 saturated heterocycles. The second kappa shape index (κ2) is 8.11. The molecule has 36 heavy (non-hydrogen) atoms. The molecule has 0 spiro atoms. The second-order valence-electron chi connectivity index (χ2n) is 7.30. The van der Waals surface area contributed by atoms with Gasteiger partial charge in [-0.1, -0.05) is 0 Å². The lowest BCUT2D eigenvalue weighted by atomic mass is 9.80. The fraction of sp³-hybridized carbons (Fsp3) is 1.00. The minimum atomic E-state index is -8.00. The fourth-order valence-electron chi connectivity index (χ4n) is 3.90. The van der Waals surface area contributed by atoms with E-state index in [-0.39, 0.29) is 0 Å². The van der Waals surface area contributed by atoms with Crippen LogP contribution in [0, 0.1) is 0 Å². The van der Waals surface area contributed by atoms with Crippen LogP contribution in [-0.4, -0.2) is 121 Å². The zero-order chi connectivity index (χ0) is 30.0. The summed E-state index contributed by atoms with van der Waals surface area (Å²) in [6, 6.07) is 0. The number of hydrogen-bond donors (Lipinski definition) is 18. The summed E-state index contributed by atoms with van der Waals surface area (Å²) in [5.74, 6) is 0. The van der Waals surface area contributed by atoms with Gasteiger partial charge in [-0.15, -0.1) is 0 Å². The van der Waals surface area contributed by atoms with Gasteiger partial charge in [0, 0.05) is 0 Å². The lowest BCUT2D eigenvalue weighted by Crippen LogP contribution is -2.93. The van der Waals surface area contributed by atoms with Gasteiger partial charge in [0.2, 0.25) is 0 Å². The van der Waals surface area contributed by atoms with E-state index in [1.807, 2.05) is 0 Å². The molecule has 0 aromatic carbocycles. The van der Waals surface area contributed by atoms with Gasteiger partial charge in [0.1, 0.15) is 0 Å². The topological polar surface area (TPSA) is 467 Å². The molecular weight excluding hydrogens is 642 g/mol. The van der Waals surface area contributed by atoms with Crippen LogP contribution in [-0.2, 0) is 27.4 Å². The largest absolute Gasteiger partial charge is 0.372 e. The Bertz CT molecular complexity index is 965. The van der Waals surface area contributed by atoms with Crippen LogP contribution in [0.1, 0.15) is 0 Å². The minimum Gasteiger partial charge on any atom is -0.372 e. The summed E-state index contributed by atoms with van der Waals surface area (Å²) in [5, 5.41) is 23.1. The van der Waals surface area contributed by atoms with Gasteiger partial charge in [-0.2, -0.15) is 0 Å². The van der Waals surface area contributed by atoms with E-state index in [0.717, 1.165) is 0 Å². The molecule has 18 N–H and O–H groups in total. The third-order valence-corrected chi connectivity index (χ3v) is 15.4. The van der Waals surface area contributed by atoms with Crippen molar-refractivity contribution in [2.24, 2.45) is 0 Å². The van der Waals surface area contributed by atoms with Gasteiger partial charge in [-0.3, -0.25) is 27.4 Å². The first-order valence-corrected chi connectivity index (χ1v) is 17.4. The molecule has 0 amide bonds. The smallest absolute Gasteiger partial charge is 0.364 e. The predicted molar refractivity (Wildman–Crippen MR) is 102 cm³/mol. The first-order chi connectivity index (χ1) is 15.0. The van der Waals surface area contributed by atoms with Crippen LogP contribution in [0.5, 0.6) is 0 Å². The molecule has 0 atom stereocenters. The Balaban J connectivity index is 5.30. The summed E-state index contributed by atoms with van der Waals surface area (Å²) >= 11 is 0. The lowest BCUT2D eigenvalue weighted by molar-refractivity contribution is -0.331. The van der Waals surface area contributed by atoms with Crippen LogP contribution in [0.4, 0.5) is 0 Å². The van der Waals surface area contributed by atoms with E-state index in [0.29, 0.717) is 0 Å². The van der Waals surface area contributed by atoms with Crippen molar-refractivity contribution in [1.29, 1.82) is 0 Å². The van der Waals surface area contributed by atoms with Gasteiger partial charge in [0.25, 0.3) is 32.1 Å². The number of aliphatic hydroxyl groups is 6. The Morgan fingerprint density at radius 3 is 0.333 bits per heavy atom. The summed E-state index contributed by atoms with van der Waals surface area (Å²) in [6.07, 6.45) is 0. The summed E-state index contributed by atoms with van der Waals surface area (Å²) in [4.78, 5) is 114. The van der Waals surface area contributed by atoms with Crippen molar-refractivity contribution in [3.63, 3.8) is 0 Å². The molecule has 1 fully saturated rings. The van der Waals surface area contributed by atoms with Crippen LogP contribution in [0.3, 0.4) is 0 Å². The minimum absolute atomic E-state index is 6.74. The molecule has 216 valence electrons. The van der Waals surface area contributed by atoms with E-state index in [2.05, 4.69) is 0 Å². The molecule has 1 aliphatic rings. The van der Waals surface area contributed by atoms with Gasteiger partial charge >= 0.3 is 45.6 Å². The summed E-state index contributed by atoms with van der Waals surface area (Å²) in [5.41, 5.74) is 0. The molecule has 1 saturated carbocycles. The monoisotopic (exact) mass is 660 g/mol. The molecule has 1 rings (SSSR count). The summed E-state index contributed by atoms with van der Waals surface area (Å²) < 4.78 is 72.9. The number of rotatable bonds is 6. The maximum Gasteiger partial charge on any atom is 0.364 e. The third-order valence-electron chi connectivity index (χ3n) is 5.45. The average Bonchev–Trinajstić information content (AvgIpc) is 2.56. The summed E-state index contributed by atoms with van der Waals surface area (Å²) in [6.45, 7) is 0. The average molecular weight is 660 g/mol. The Morgan fingerprint density at radius 1 is 0.250 bits per heavy atom. The molecule has 0 radical (unpaired) electrons. The van der Waals surface area contributed by atoms with E-state index in [4.69, 9.17) is 0 Å². The Hall–Kier alpha value is 0.660. The van der Waals surface area contributed by atoms with Crippen molar-refractivity contribution in [2.45, 2.75) is 32.1 Å². The van der Waals surface area contributed by atoms with Crippen molar-refractivity contribution in [2.75, 3.05) is 0 Å². The highest BCUT2D eigenvalue weighted by Gasteiger charge is 3.08. The van der Waals surface area contributed by atoms with Crippen LogP contribution in [0.25, 0.3) is 0 Å². The van der Waals surface area contributed by atoms with Gasteiger partial charge in [-0.05, 0) is 0 Å². The van der Waals surface area contributed by atoms with E-state index < -0.39 is 77.6 Å². The van der Waals surface area contributed by atoms with Gasteiger partial charge < -0.3 is 89.4 Å². The second-order valence-corrected chi connectivity index (χ2v) is 17.7. The lowest BCUT2D eigenvalue weighted by Gasteiger charge is -2.68. The maximum absolute atomic E-state index is 12.2. The zero-order valence-corrected chi connectivity index (χ0v) is 21.5. The maximum atomic E-state index is 12.2. The Kier molecular flexibility index (Phi) is 7.82. The number of hydrogen-bond acceptors (Lipinski definition) is 12. The van der Waals surface area contributed by atoms with Crippen molar-refractivity contribution in [1.82, 2.24) is 0 Å². The molecule has 0 heterocycles. The van der Waals surface area contributed by atoms with Gasteiger partial charge in [0.05, 0.1) is 0 Å². The highest BCUT2D eigenvalue weighted by Crippen LogP contribution is 2.93. The predicted octanol–water partition coefficient (Wildman–Crippen LogP) is -6.80. The quantitative estimate of drug-likeness (QED) is 0.118. The third kappa shape index (κ3) is 3.33. The van der Waals surface area contributed by atoms with Gasteiger partial charge in [0.15, 0.2) is 0 Å². The molecule has 0 aromatic heterocycles. The van der Waals surface area contributed by atoms with Crippen molar-refractivity contribution in [3.8, 4) is 0 Å². The highest BCUT2D eigenvalue weighted by atomic mass is 31.2. The normalized spacial score (nSPS) is 41.8. The zero-order valence-electron chi connectivity index (χ0n) is 16.2. The molecule has 0 bridgehead atoms. The van der Waals surface area contributed by atoms with E-state index in [9.17, 15) is 117 Å². The Labute approximate surface area is 195 Å². The molecule has 30 heteroatoms. The highest BCUT2D eigenvalue weighted by molar-refractivity contribution is 7.66. The molecule has 0 unspecified atom stereocenters. The molecule has 0 aromatic rings. The first-order valence-electron chi connectivity index (χ1n) is 7.68. The van der Waals surface area contributed by atoms with E-state index >= 15 is 0 Å². The molecule has 24 nitrogen and oxygen atoms in total. The van der Waals surface area contributed by atoms with Crippen LogP contribution >= 0.6 is 45.6 Å². The van der Waals surface area contributed by atoms with Crippen LogP contribution in [0.15, 0.2) is 0 Å². The SMILES string of the molecule is O=P(O)(O)C1(O)C(O)(P(=O)(O)O)C(O)(P(=O)(O)O)C(O)(P(=O)(O)O)C(O)(P(=O)(O)O)C1(O)P(=O)(O)O. The van der Waals surface area contributed by atoms with Crippen molar-refractivity contribution < 1.29 is 117 Å². The molecular formula is C6H18O24P6. The van der Waals surface area contributed by atoms with Crippen molar-refractivity contribution in [3.05, 3.63) is 0 Å². The summed E-state index contributed by atoms with van der Waals surface area (Å²) in [7, 11) is -48.0. The van der Waals surface area contributed by atoms with Gasteiger partial charge in [-0.25, -0.2) is 0 Å². The molecule has 0 aliphatic heterocycles. The standard InChI is InChI=1S/C6H18O24P6/c7-1(31(13,14)15)2(8,32(16,17)18)4(10,34(22,23)24)6(12,36(28,29)30)5(11,35(25,26)27)3(1,9)33(19,20)21/h7-12H,(H2,13,14,15)(H2,16,17,18)(H2,19,20,21)(H2,22,23,24)(H2,25,26,27)(H2,28,29,30). The first kappa shape index (κ1) is 34.7. The van der Waals surface area contributed by atoms with Crippen molar-refractivity contribution >= 4 is 45.6 Å². The van der Waals surface area contributed by atoms with E-state index in [1.165, 1.54) is 0 Å². The Morgan fingerprint density at radius 2 is 0.306 bits per heavy atom. The van der Waals surface area contributed by atoms with Crippen LogP contribution < -0.4 is 0 Å². The molecule has 1 aliphatic carbocycles. The fourth-order valence-corrected chi connectivity index (χ4v) is 15.9. The van der Waals surface area contributed by atoms with E-state index in [1.54, 1.807) is 0 Å².